The average molecular weight is 235 g/mol. The quantitative estimate of drug-likeness (QED) is 0.825. The molecule has 1 saturated heterocycles. The van der Waals surface area contributed by atoms with Crippen molar-refractivity contribution in [1.82, 2.24) is 10.3 Å². The molecule has 2 heterocycles. The van der Waals surface area contributed by atoms with Crippen LogP contribution in [0.2, 0.25) is 0 Å². The molecule has 0 amide bonds. The summed E-state index contributed by atoms with van der Waals surface area (Å²) in [6.07, 6.45) is 3.71. The lowest BCUT2D eigenvalue weighted by atomic mass is 9.95. The minimum Gasteiger partial charge on any atom is -0.388 e. The van der Waals surface area contributed by atoms with E-state index in [1.807, 2.05) is 26.2 Å². The number of hydrogen-bond donors (Lipinski definition) is 2. The number of nitrogens with one attached hydrogen (secondary N) is 1. The molecule has 94 valence electrons. The van der Waals surface area contributed by atoms with Crippen molar-refractivity contribution in [3.05, 3.63) is 23.9 Å². The number of rotatable bonds is 3. The second kappa shape index (κ2) is 5.02. The van der Waals surface area contributed by atoms with E-state index in [4.69, 9.17) is 0 Å². The van der Waals surface area contributed by atoms with Crippen LogP contribution in [0.1, 0.15) is 25.3 Å². The van der Waals surface area contributed by atoms with Gasteiger partial charge in [-0.1, -0.05) is 6.07 Å². The highest BCUT2D eigenvalue weighted by molar-refractivity contribution is 5.47. The number of aliphatic hydroxyl groups is 1. The van der Waals surface area contributed by atoms with Gasteiger partial charge in [0.25, 0.3) is 0 Å². The Hall–Kier alpha value is -1.13. The summed E-state index contributed by atoms with van der Waals surface area (Å²) in [7, 11) is 1.93. The summed E-state index contributed by atoms with van der Waals surface area (Å²) in [5.74, 6) is 1.00. The molecule has 2 rings (SSSR count). The van der Waals surface area contributed by atoms with E-state index in [1.54, 1.807) is 0 Å². The van der Waals surface area contributed by atoms with Crippen LogP contribution in [0.5, 0.6) is 0 Å². The molecule has 0 aliphatic carbocycles. The molecule has 0 spiro atoms. The van der Waals surface area contributed by atoms with Gasteiger partial charge < -0.3 is 15.3 Å². The zero-order valence-electron chi connectivity index (χ0n) is 10.6. The molecule has 1 aliphatic heterocycles. The van der Waals surface area contributed by atoms with Crippen LogP contribution < -0.4 is 10.2 Å². The smallest absolute Gasteiger partial charge is 0.133 e. The number of nitrogens with zero attached hydrogens (tertiary/aromatic N) is 2. The number of aromatic nitrogens is 1. The molecule has 1 atom stereocenters. The lowest BCUT2D eigenvalue weighted by Crippen LogP contribution is -2.46. The largest absolute Gasteiger partial charge is 0.388 e. The number of hydrogen-bond acceptors (Lipinski definition) is 4. The van der Waals surface area contributed by atoms with E-state index in [2.05, 4.69) is 21.3 Å². The van der Waals surface area contributed by atoms with Gasteiger partial charge in [0.2, 0.25) is 0 Å². The summed E-state index contributed by atoms with van der Waals surface area (Å²) in [4.78, 5) is 6.65. The number of anilines is 1. The molecule has 1 aromatic heterocycles. The molecule has 2 N–H and O–H groups in total. The van der Waals surface area contributed by atoms with Crippen LogP contribution in [-0.4, -0.2) is 35.8 Å². The van der Waals surface area contributed by atoms with Gasteiger partial charge in [-0.3, -0.25) is 0 Å². The Morgan fingerprint density at radius 3 is 3.12 bits per heavy atom. The third-order valence-corrected chi connectivity index (χ3v) is 3.21. The molecule has 1 unspecified atom stereocenters. The van der Waals surface area contributed by atoms with Gasteiger partial charge in [-0.05, 0) is 32.9 Å². The molecule has 17 heavy (non-hydrogen) atoms. The van der Waals surface area contributed by atoms with E-state index >= 15 is 0 Å². The maximum Gasteiger partial charge on any atom is 0.133 e. The first-order valence-corrected chi connectivity index (χ1v) is 6.18. The summed E-state index contributed by atoms with van der Waals surface area (Å²) in [6.45, 7) is 4.35. The molecule has 0 saturated carbocycles. The van der Waals surface area contributed by atoms with Crippen molar-refractivity contribution < 1.29 is 5.11 Å². The van der Waals surface area contributed by atoms with Crippen molar-refractivity contribution in [2.24, 2.45) is 0 Å². The van der Waals surface area contributed by atoms with Crippen molar-refractivity contribution in [1.29, 1.82) is 0 Å². The maximum absolute atomic E-state index is 10.1. The summed E-state index contributed by atoms with van der Waals surface area (Å²) in [6, 6.07) is 4.04. The van der Waals surface area contributed by atoms with Crippen LogP contribution in [0.15, 0.2) is 18.3 Å². The van der Waals surface area contributed by atoms with Gasteiger partial charge in [0.15, 0.2) is 0 Å². The standard InChI is InChI=1S/C13H21N3O/c1-13(17)6-4-8-16(10-13)12-11(9-14-2)5-3-7-15-12/h3,5,7,14,17H,4,6,8-10H2,1-2H3. The third kappa shape index (κ3) is 2.96. The van der Waals surface area contributed by atoms with E-state index in [0.29, 0.717) is 6.54 Å². The Bertz CT molecular complexity index is 379. The fourth-order valence-corrected chi connectivity index (χ4v) is 2.44. The zero-order valence-corrected chi connectivity index (χ0v) is 10.6. The Morgan fingerprint density at radius 2 is 2.41 bits per heavy atom. The zero-order chi connectivity index (χ0) is 12.3. The minimum atomic E-state index is -0.591. The molecule has 4 nitrogen and oxygen atoms in total. The van der Waals surface area contributed by atoms with Crippen LogP contribution in [-0.2, 0) is 6.54 Å². The van der Waals surface area contributed by atoms with Crippen molar-refractivity contribution in [2.45, 2.75) is 31.9 Å². The molecular formula is C13H21N3O. The van der Waals surface area contributed by atoms with Gasteiger partial charge >= 0.3 is 0 Å². The Kier molecular flexibility index (Phi) is 3.64. The van der Waals surface area contributed by atoms with E-state index in [1.165, 1.54) is 5.56 Å². The van der Waals surface area contributed by atoms with Crippen LogP contribution in [0, 0.1) is 0 Å². The summed E-state index contributed by atoms with van der Waals surface area (Å²) in [5, 5.41) is 13.3. The normalized spacial score (nSPS) is 25.0. The van der Waals surface area contributed by atoms with Crippen LogP contribution in [0.3, 0.4) is 0 Å². The molecule has 0 aromatic carbocycles. The Morgan fingerprint density at radius 1 is 1.59 bits per heavy atom. The third-order valence-electron chi connectivity index (χ3n) is 3.21. The highest BCUT2D eigenvalue weighted by Crippen LogP contribution is 2.26. The lowest BCUT2D eigenvalue weighted by Gasteiger charge is -2.38. The minimum absolute atomic E-state index is 0.591. The SMILES string of the molecule is CNCc1cccnc1N1CCCC(C)(O)C1. The summed E-state index contributed by atoms with van der Waals surface area (Å²) >= 11 is 0. The predicted octanol–water partition coefficient (Wildman–Crippen LogP) is 1.15. The van der Waals surface area contributed by atoms with Gasteiger partial charge in [-0.25, -0.2) is 4.98 Å². The number of pyridine rings is 1. The van der Waals surface area contributed by atoms with E-state index in [0.717, 1.165) is 31.7 Å². The number of piperidine rings is 1. The van der Waals surface area contributed by atoms with Crippen LogP contribution in [0.4, 0.5) is 5.82 Å². The van der Waals surface area contributed by atoms with Gasteiger partial charge in [0.05, 0.1) is 5.60 Å². The second-order valence-electron chi connectivity index (χ2n) is 5.04. The van der Waals surface area contributed by atoms with Crippen molar-refractivity contribution in [2.75, 3.05) is 25.0 Å². The second-order valence-corrected chi connectivity index (χ2v) is 5.04. The van der Waals surface area contributed by atoms with Crippen molar-refractivity contribution >= 4 is 5.82 Å². The topological polar surface area (TPSA) is 48.4 Å². The summed E-state index contributed by atoms with van der Waals surface area (Å²) < 4.78 is 0. The molecule has 0 bridgehead atoms. The van der Waals surface area contributed by atoms with Crippen molar-refractivity contribution in [3.63, 3.8) is 0 Å². The number of β-amino-alcohol motifs (C(OH)–C–C–N with tert-alkyl or cyclic N) is 1. The van der Waals surface area contributed by atoms with E-state index in [9.17, 15) is 5.11 Å². The molecule has 0 radical (unpaired) electrons. The highest BCUT2D eigenvalue weighted by atomic mass is 16.3. The Balaban J connectivity index is 2.21. The lowest BCUT2D eigenvalue weighted by molar-refractivity contribution is 0.0446. The molecule has 1 fully saturated rings. The van der Waals surface area contributed by atoms with E-state index < -0.39 is 5.60 Å². The first-order valence-electron chi connectivity index (χ1n) is 6.18. The van der Waals surface area contributed by atoms with E-state index in [-0.39, 0.29) is 0 Å². The van der Waals surface area contributed by atoms with Crippen LogP contribution >= 0.6 is 0 Å². The molecule has 1 aliphatic rings. The summed E-state index contributed by atoms with van der Waals surface area (Å²) in [5.41, 5.74) is 0.597. The first kappa shape index (κ1) is 12.3. The Labute approximate surface area is 103 Å². The monoisotopic (exact) mass is 235 g/mol. The van der Waals surface area contributed by atoms with Crippen LogP contribution in [0.25, 0.3) is 0 Å². The first-order chi connectivity index (χ1) is 8.12. The fraction of sp³-hybridized carbons (Fsp3) is 0.615. The maximum atomic E-state index is 10.1. The highest BCUT2D eigenvalue weighted by Gasteiger charge is 2.29. The fourth-order valence-electron chi connectivity index (χ4n) is 2.44. The molecule has 4 heteroatoms. The molecular weight excluding hydrogens is 214 g/mol. The van der Waals surface area contributed by atoms with Gasteiger partial charge in [-0.2, -0.15) is 0 Å². The van der Waals surface area contributed by atoms with Gasteiger partial charge in [-0.15, -0.1) is 0 Å². The molecule has 1 aromatic rings. The van der Waals surface area contributed by atoms with Gasteiger partial charge in [0, 0.05) is 31.4 Å². The van der Waals surface area contributed by atoms with Crippen molar-refractivity contribution in [3.8, 4) is 0 Å². The predicted molar refractivity (Wildman–Crippen MR) is 69.1 cm³/mol. The average Bonchev–Trinajstić information content (AvgIpc) is 2.29. The van der Waals surface area contributed by atoms with Gasteiger partial charge in [0.1, 0.15) is 5.82 Å².